The molecule has 0 unspecified atom stereocenters. The largest absolute Gasteiger partial charge is 0.481 e. The number of aryl methyl sites for hydroxylation is 1. The summed E-state index contributed by atoms with van der Waals surface area (Å²) in [6, 6.07) is 0. The lowest BCUT2D eigenvalue weighted by molar-refractivity contribution is -0.133. The molecule has 4 nitrogen and oxygen atoms in total. The van der Waals surface area contributed by atoms with Gasteiger partial charge in [0.1, 0.15) is 0 Å². The van der Waals surface area contributed by atoms with Gasteiger partial charge in [0.25, 0.3) is 0 Å². The summed E-state index contributed by atoms with van der Waals surface area (Å²) in [6.45, 7) is 8.57. The molecule has 1 heterocycles. The van der Waals surface area contributed by atoms with Crippen molar-refractivity contribution in [2.75, 3.05) is 5.75 Å². The Balaban J connectivity index is 3.12. The Hall–Kier alpha value is -0.970. The first-order chi connectivity index (χ1) is 8.50. The molecule has 1 aromatic rings. The van der Waals surface area contributed by atoms with Crippen molar-refractivity contribution in [1.29, 1.82) is 0 Å². The molecular weight excluding hydrogens is 248 g/mol. The van der Waals surface area contributed by atoms with Gasteiger partial charge >= 0.3 is 5.97 Å². The van der Waals surface area contributed by atoms with E-state index in [0.717, 1.165) is 30.1 Å². The topological polar surface area (TPSA) is 55.1 Å². The van der Waals surface area contributed by atoms with E-state index in [1.807, 2.05) is 13.1 Å². The number of hydrogen-bond donors (Lipinski definition) is 1. The van der Waals surface area contributed by atoms with E-state index in [-0.39, 0.29) is 11.3 Å². The number of carboxylic acid groups (broad SMARTS) is 1. The number of aromatic nitrogens is 2. The van der Waals surface area contributed by atoms with Crippen LogP contribution >= 0.6 is 11.8 Å². The van der Waals surface area contributed by atoms with Crippen LogP contribution < -0.4 is 0 Å². The number of rotatable bonds is 7. The minimum absolute atomic E-state index is 0.0570. The molecule has 102 valence electrons. The summed E-state index contributed by atoms with van der Waals surface area (Å²) in [5.41, 5.74) is 1.16. The van der Waals surface area contributed by atoms with Gasteiger partial charge in [0, 0.05) is 17.4 Å². The van der Waals surface area contributed by atoms with Crippen molar-refractivity contribution in [1.82, 2.24) is 9.55 Å². The smallest absolute Gasteiger partial charge is 0.313 e. The summed E-state index contributed by atoms with van der Waals surface area (Å²) < 4.78 is 2.22. The minimum atomic E-state index is -0.803. The lowest BCUT2D eigenvalue weighted by atomic mass is 9.89. The molecule has 1 aromatic heterocycles. The molecule has 0 aromatic carbocycles. The van der Waals surface area contributed by atoms with Crippen LogP contribution in [0.3, 0.4) is 0 Å². The van der Waals surface area contributed by atoms with Crippen LogP contribution in [0.15, 0.2) is 11.4 Å². The molecule has 1 N–H and O–H groups in total. The average molecular weight is 270 g/mol. The maximum Gasteiger partial charge on any atom is 0.313 e. The van der Waals surface area contributed by atoms with Crippen molar-refractivity contribution in [2.45, 2.75) is 57.7 Å². The molecule has 0 aliphatic carbocycles. The van der Waals surface area contributed by atoms with Crippen LogP contribution in [0.5, 0.6) is 0 Å². The Labute approximate surface area is 113 Å². The SMILES string of the molecule is CCC(CC)(CC)n1c(C)cnc1SCC(=O)O. The van der Waals surface area contributed by atoms with E-state index in [2.05, 4.69) is 30.3 Å². The lowest BCUT2D eigenvalue weighted by Crippen LogP contribution is -2.33. The number of carbonyl (C=O) groups is 1. The molecule has 0 aliphatic rings. The number of nitrogens with zero attached hydrogens (tertiary/aromatic N) is 2. The molecule has 0 saturated heterocycles. The number of aliphatic carboxylic acids is 1. The van der Waals surface area contributed by atoms with Crippen LogP contribution in [0.2, 0.25) is 0 Å². The number of imidazole rings is 1. The summed E-state index contributed by atoms with van der Waals surface area (Å²) in [6.07, 6.45) is 4.91. The van der Waals surface area contributed by atoms with Gasteiger partial charge in [0.05, 0.1) is 5.75 Å². The van der Waals surface area contributed by atoms with Crippen molar-refractivity contribution in [3.05, 3.63) is 11.9 Å². The van der Waals surface area contributed by atoms with Gasteiger partial charge in [0.2, 0.25) is 0 Å². The van der Waals surface area contributed by atoms with Crippen molar-refractivity contribution in [3.63, 3.8) is 0 Å². The zero-order chi connectivity index (χ0) is 13.8. The van der Waals surface area contributed by atoms with Crippen molar-refractivity contribution in [2.24, 2.45) is 0 Å². The maximum atomic E-state index is 10.7. The molecule has 0 atom stereocenters. The Morgan fingerprint density at radius 2 is 1.94 bits per heavy atom. The molecule has 18 heavy (non-hydrogen) atoms. The fourth-order valence-electron chi connectivity index (χ4n) is 2.44. The lowest BCUT2D eigenvalue weighted by Gasteiger charge is -2.35. The monoisotopic (exact) mass is 270 g/mol. The van der Waals surface area contributed by atoms with Gasteiger partial charge in [0.15, 0.2) is 5.16 Å². The van der Waals surface area contributed by atoms with Crippen LogP contribution in [0.25, 0.3) is 0 Å². The van der Waals surface area contributed by atoms with E-state index in [0.29, 0.717) is 0 Å². The van der Waals surface area contributed by atoms with Gasteiger partial charge in [-0.1, -0.05) is 32.5 Å². The first-order valence-electron chi connectivity index (χ1n) is 6.40. The molecule has 0 bridgehead atoms. The van der Waals surface area contributed by atoms with Crippen molar-refractivity contribution < 1.29 is 9.90 Å². The highest BCUT2D eigenvalue weighted by molar-refractivity contribution is 7.99. The highest BCUT2D eigenvalue weighted by Crippen LogP contribution is 2.34. The predicted molar refractivity (Wildman–Crippen MR) is 74.2 cm³/mol. The molecule has 0 spiro atoms. The minimum Gasteiger partial charge on any atom is -0.481 e. The van der Waals surface area contributed by atoms with Gasteiger partial charge in [-0.05, 0) is 26.2 Å². The molecule has 0 amide bonds. The normalized spacial score (nSPS) is 11.8. The Kier molecular flexibility index (Phi) is 5.26. The van der Waals surface area contributed by atoms with E-state index in [4.69, 9.17) is 5.11 Å². The van der Waals surface area contributed by atoms with Gasteiger partial charge in [-0.15, -0.1) is 0 Å². The molecule has 0 aliphatic heterocycles. The van der Waals surface area contributed by atoms with Crippen molar-refractivity contribution >= 4 is 17.7 Å². The van der Waals surface area contributed by atoms with Crippen LogP contribution in [-0.4, -0.2) is 26.4 Å². The molecular formula is C13H22N2O2S. The molecule has 1 rings (SSSR count). The zero-order valence-corrected chi connectivity index (χ0v) is 12.4. The third-order valence-corrected chi connectivity index (χ3v) is 4.62. The quantitative estimate of drug-likeness (QED) is 0.772. The second-order valence-electron chi connectivity index (χ2n) is 4.48. The van der Waals surface area contributed by atoms with Gasteiger partial charge in [-0.2, -0.15) is 0 Å². The second kappa shape index (κ2) is 6.27. The van der Waals surface area contributed by atoms with E-state index in [1.165, 1.54) is 11.8 Å². The summed E-state index contributed by atoms with van der Waals surface area (Å²) in [7, 11) is 0. The van der Waals surface area contributed by atoms with Gasteiger partial charge in [-0.25, -0.2) is 4.98 Å². The highest BCUT2D eigenvalue weighted by atomic mass is 32.2. The number of thioether (sulfide) groups is 1. The van der Waals surface area contributed by atoms with Crippen LogP contribution in [0, 0.1) is 6.92 Å². The fourth-order valence-corrected chi connectivity index (χ4v) is 3.29. The molecule has 5 heteroatoms. The van der Waals surface area contributed by atoms with E-state index >= 15 is 0 Å². The van der Waals surface area contributed by atoms with Crippen LogP contribution in [-0.2, 0) is 10.3 Å². The molecule has 0 radical (unpaired) electrons. The van der Waals surface area contributed by atoms with E-state index in [1.54, 1.807) is 0 Å². The summed E-state index contributed by atoms with van der Waals surface area (Å²) in [5.74, 6) is -0.744. The van der Waals surface area contributed by atoms with Gasteiger partial charge in [-0.3, -0.25) is 4.79 Å². The summed E-state index contributed by atoms with van der Waals surface area (Å²) in [5, 5.41) is 9.61. The number of carboxylic acids is 1. The third-order valence-electron chi connectivity index (χ3n) is 3.68. The van der Waals surface area contributed by atoms with E-state index in [9.17, 15) is 4.79 Å². The standard InChI is InChI=1S/C13H22N2O2S/c1-5-13(6-2,7-3)15-10(4)8-14-12(15)18-9-11(16)17/h8H,5-7,9H2,1-4H3,(H,16,17). The predicted octanol–water partition coefficient (Wildman–Crippen LogP) is 3.29. The second-order valence-corrected chi connectivity index (χ2v) is 5.43. The van der Waals surface area contributed by atoms with Gasteiger partial charge < -0.3 is 9.67 Å². The summed E-state index contributed by atoms with van der Waals surface area (Å²) >= 11 is 1.30. The third kappa shape index (κ3) is 2.88. The zero-order valence-electron chi connectivity index (χ0n) is 11.6. The van der Waals surface area contributed by atoms with Crippen LogP contribution in [0.1, 0.15) is 45.7 Å². The average Bonchev–Trinajstić information content (AvgIpc) is 2.72. The highest BCUT2D eigenvalue weighted by Gasteiger charge is 2.30. The summed E-state index contributed by atoms with van der Waals surface area (Å²) in [4.78, 5) is 15.1. The molecule has 0 saturated carbocycles. The van der Waals surface area contributed by atoms with E-state index < -0.39 is 5.97 Å². The Morgan fingerprint density at radius 3 is 2.39 bits per heavy atom. The molecule has 0 fully saturated rings. The first kappa shape index (κ1) is 15.1. The Morgan fingerprint density at radius 1 is 1.39 bits per heavy atom. The Bertz CT molecular complexity index is 403. The van der Waals surface area contributed by atoms with Crippen molar-refractivity contribution in [3.8, 4) is 0 Å². The first-order valence-corrected chi connectivity index (χ1v) is 7.38. The van der Waals surface area contributed by atoms with Crippen LogP contribution in [0.4, 0.5) is 0 Å². The maximum absolute atomic E-state index is 10.7. The number of hydrogen-bond acceptors (Lipinski definition) is 3. The fraction of sp³-hybridized carbons (Fsp3) is 0.692.